The lowest BCUT2D eigenvalue weighted by atomic mass is 9.73. The molecule has 164 valence electrons. The summed E-state index contributed by atoms with van der Waals surface area (Å²) in [4.78, 5) is 13.3. The lowest BCUT2D eigenvalue weighted by molar-refractivity contribution is -0.124. The number of fused-ring (bicyclic) bond motifs is 1. The van der Waals surface area contributed by atoms with Crippen LogP contribution >= 0.6 is 11.6 Å². The van der Waals surface area contributed by atoms with Crippen molar-refractivity contribution in [3.05, 3.63) is 58.6 Å². The average molecular weight is 440 g/mol. The van der Waals surface area contributed by atoms with Crippen LogP contribution in [0.25, 0.3) is 0 Å². The molecule has 2 aliphatic carbocycles. The van der Waals surface area contributed by atoms with Gasteiger partial charge in [0.2, 0.25) is 5.91 Å². The van der Waals surface area contributed by atoms with Crippen molar-refractivity contribution < 1.29 is 14.3 Å². The van der Waals surface area contributed by atoms with Crippen LogP contribution in [0.4, 0.5) is 0 Å². The summed E-state index contributed by atoms with van der Waals surface area (Å²) >= 11 is 6.26. The van der Waals surface area contributed by atoms with Gasteiger partial charge in [-0.2, -0.15) is 0 Å². The zero-order chi connectivity index (χ0) is 21.4. The molecule has 5 rings (SSSR count). The molecule has 4 nitrogen and oxygen atoms in total. The molecular weight excluding hydrogens is 410 g/mol. The highest BCUT2D eigenvalue weighted by Crippen LogP contribution is 2.49. The van der Waals surface area contributed by atoms with Crippen molar-refractivity contribution in [1.82, 2.24) is 5.32 Å². The Morgan fingerprint density at radius 2 is 1.97 bits per heavy atom. The third kappa shape index (κ3) is 4.27. The largest absolute Gasteiger partial charge is 0.490 e. The molecule has 1 spiro atoms. The minimum atomic E-state index is -0.269. The van der Waals surface area contributed by atoms with E-state index in [1.807, 2.05) is 49.4 Å². The van der Waals surface area contributed by atoms with Crippen LogP contribution in [0.15, 0.2) is 42.5 Å². The number of amides is 1. The van der Waals surface area contributed by atoms with Gasteiger partial charge in [0.1, 0.15) is 17.1 Å². The van der Waals surface area contributed by atoms with Crippen LogP contribution in [-0.2, 0) is 4.79 Å². The van der Waals surface area contributed by atoms with Gasteiger partial charge in [-0.1, -0.05) is 23.7 Å². The van der Waals surface area contributed by atoms with Crippen LogP contribution in [0.5, 0.6) is 11.5 Å². The van der Waals surface area contributed by atoms with E-state index in [1.54, 1.807) is 0 Å². The molecular formula is C26H30ClNO3. The number of rotatable bonds is 5. The van der Waals surface area contributed by atoms with E-state index in [9.17, 15) is 4.79 Å². The zero-order valence-corrected chi connectivity index (χ0v) is 18.8. The summed E-state index contributed by atoms with van der Waals surface area (Å²) in [6, 6.07) is 13.6. The van der Waals surface area contributed by atoms with Crippen LogP contribution in [0.3, 0.4) is 0 Å². The third-order valence-electron chi connectivity index (χ3n) is 7.19. The second kappa shape index (κ2) is 8.38. The minimum absolute atomic E-state index is 0.0188. The number of carbonyl (C=O) groups is 1. The Morgan fingerprint density at radius 3 is 2.71 bits per heavy atom. The first-order valence-corrected chi connectivity index (χ1v) is 11.9. The predicted molar refractivity (Wildman–Crippen MR) is 122 cm³/mol. The summed E-state index contributed by atoms with van der Waals surface area (Å²) in [6.45, 7) is 1.96. The van der Waals surface area contributed by atoms with E-state index >= 15 is 0 Å². The van der Waals surface area contributed by atoms with Gasteiger partial charge in [0, 0.05) is 17.0 Å². The molecule has 0 aromatic heterocycles. The van der Waals surface area contributed by atoms with Crippen molar-refractivity contribution in [3.8, 4) is 11.5 Å². The summed E-state index contributed by atoms with van der Waals surface area (Å²) in [7, 11) is 0. The number of ether oxygens (including phenoxy) is 2. The van der Waals surface area contributed by atoms with Crippen LogP contribution in [0.1, 0.15) is 81.4 Å². The Bertz CT molecular complexity index is 965. The third-order valence-corrected chi connectivity index (χ3v) is 7.42. The van der Waals surface area contributed by atoms with E-state index in [0.29, 0.717) is 11.1 Å². The fourth-order valence-electron chi connectivity index (χ4n) is 5.15. The van der Waals surface area contributed by atoms with Crippen LogP contribution in [-0.4, -0.2) is 17.6 Å². The first kappa shape index (κ1) is 20.7. The number of nitrogens with one attached hydrogen (secondary N) is 1. The van der Waals surface area contributed by atoms with Crippen molar-refractivity contribution in [1.29, 1.82) is 0 Å². The van der Waals surface area contributed by atoms with Gasteiger partial charge >= 0.3 is 0 Å². The van der Waals surface area contributed by atoms with E-state index in [0.717, 1.165) is 54.7 Å². The molecule has 31 heavy (non-hydrogen) atoms. The number of hydrogen-bond donors (Lipinski definition) is 1. The fourth-order valence-corrected chi connectivity index (χ4v) is 5.33. The number of hydrogen-bond acceptors (Lipinski definition) is 3. The van der Waals surface area contributed by atoms with Gasteiger partial charge in [-0.15, -0.1) is 0 Å². The highest BCUT2D eigenvalue weighted by atomic mass is 35.5. The van der Waals surface area contributed by atoms with Gasteiger partial charge in [0.25, 0.3) is 0 Å². The average Bonchev–Trinajstić information content (AvgIpc) is 3.25. The molecule has 2 aromatic carbocycles. The van der Waals surface area contributed by atoms with Crippen molar-refractivity contribution in [2.24, 2.45) is 0 Å². The van der Waals surface area contributed by atoms with Crippen LogP contribution < -0.4 is 14.8 Å². The highest BCUT2D eigenvalue weighted by Gasteiger charge is 2.46. The first-order valence-electron chi connectivity index (χ1n) is 11.6. The van der Waals surface area contributed by atoms with Crippen LogP contribution in [0.2, 0.25) is 5.02 Å². The SMILES string of the molecule is CC(C(=O)N[C@H]1CC2(CCC2)Oc2ccc(Cl)cc21)c1cccc(OC2CCCC2)c1. The lowest BCUT2D eigenvalue weighted by Gasteiger charge is -2.48. The van der Waals surface area contributed by atoms with Gasteiger partial charge in [0.15, 0.2) is 0 Å². The predicted octanol–water partition coefficient (Wildman–Crippen LogP) is 6.33. The molecule has 2 saturated carbocycles. The smallest absolute Gasteiger partial charge is 0.227 e. The second-order valence-corrected chi connectivity index (χ2v) is 9.84. The summed E-state index contributed by atoms with van der Waals surface area (Å²) in [5.74, 6) is 1.46. The van der Waals surface area contributed by atoms with Gasteiger partial charge in [-0.3, -0.25) is 4.79 Å². The molecule has 1 N–H and O–H groups in total. The van der Waals surface area contributed by atoms with Gasteiger partial charge < -0.3 is 14.8 Å². The monoisotopic (exact) mass is 439 g/mol. The van der Waals surface area contributed by atoms with E-state index in [4.69, 9.17) is 21.1 Å². The maximum absolute atomic E-state index is 13.3. The topological polar surface area (TPSA) is 47.6 Å². The van der Waals surface area contributed by atoms with Gasteiger partial charge in [0.05, 0.1) is 18.1 Å². The molecule has 5 heteroatoms. The molecule has 1 unspecified atom stereocenters. The minimum Gasteiger partial charge on any atom is -0.490 e. The first-order chi connectivity index (χ1) is 15.0. The van der Waals surface area contributed by atoms with E-state index < -0.39 is 0 Å². The second-order valence-electron chi connectivity index (χ2n) is 9.40. The number of carbonyl (C=O) groups excluding carboxylic acids is 1. The normalized spacial score (nSPS) is 22.8. The molecule has 1 amide bonds. The maximum Gasteiger partial charge on any atom is 0.227 e. The molecule has 1 aliphatic heterocycles. The standard InChI is InChI=1S/C26H30ClNO3/c1-17(18-6-4-9-21(14-18)30-20-7-2-3-8-20)25(29)28-23-16-26(12-5-13-26)31-24-11-10-19(27)15-22(23)24/h4,6,9-11,14-15,17,20,23H,2-3,5,7-8,12-13,16H2,1H3,(H,28,29)/t17?,23-/m0/s1. The van der Waals surface area contributed by atoms with E-state index in [-0.39, 0.29) is 23.5 Å². The maximum atomic E-state index is 13.3. The molecule has 2 aromatic rings. The Balaban J connectivity index is 1.32. The number of halogens is 1. The molecule has 0 saturated heterocycles. The molecule has 2 fully saturated rings. The van der Waals surface area contributed by atoms with Gasteiger partial charge in [-0.25, -0.2) is 0 Å². The Hall–Kier alpha value is -2.20. The summed E-state index contributed by atoms with van der Waals surface area (Å²) < 4.78 is 12.5. The molecule has 1 heterocycles. The summed E-state index contributed by atoms with van der Waals surface area (Å²) in [5, 5.41) is 3.96. The van der Waals surface area contributed by atoms with Crippen molar-refractivity contribution in [3.63, 3.8) is 0 Å². The Labute approximate surface area is 189 Å². The van der Waals surface area contributed by atoms with Crippen LogP contribution in [0, 0.1) is 0 Å². The van der Waals surface area contributed by atoms with E-state index in [1.165, 1.54) is 19.3 Å². The lowest BCUT2D eigenvalue weighted by Crippen LogP contribution is -2.50. The van der Waals surface area contributed by atoms with Gasteiger partial charge in [-0.05, 0) is 87.8 Å². The molecule has 0 bridgehead atoms. The Kier molecular flexibility index (Phi) is 5.60. The molecule has 2 atom stereocenters. The fraction of sp³-hybridized carbons (Fsp3) is 0.500. The summed E-state index contributed by atoms with van der Waals surface area (Å²) in [5.41, 5.74) is 1.81. The van der Waals surface area contributed by atoms with Crippen molar-refractivity contribution in [2.75, 3.05) is 0 Å². The summed E-state index contributed by atoms with van der Waals surface area (Å²) in [6.07, 6.45) is 9.07. The van der Waals surface area contributed by atoms with Crippen molar-refractivity contribution in [2.45, 2.75) is 82.0 Å². The zero-order valence-electron chi connectivity index (χ0n) is 18.0. The highest BCUT2D eigenvalue weighted by molar-refractivity contribution is 6.30. The quantitative estimate of drug-likeness (QED) is 0.592. The number of benzene rings is 2. The molecule has 0 radical (unpaired) electrons. The van der Waals surface area contributed by atoms with E-state index in [2.05, 4.69) is 5.32 Å². The van der Waals surface area contributed by atoms with Crippen molar-refractivity contribution >= 4 is 17.5 Å². The Morgan fingerprint density at radius 1 is 1.16 bits per heavy atom. The molecule has 3 aliphatic rings.